The summed E-state index contributed by atoms with van der Waals surface area (Å²) in [6.07, 6.45) is 1.34. The van der Waals surface area contributed by atoms with E-state index < -0.39 is 12.0 Å². The molecular weight excluding hydrogens is 278 g/mol. The minimum absolute atomic E-state index is 0.0186. The molecule has 1 aromatic heterocycles. The maximum Gasteiger partial charge on any atom is 0.339 e. The van der Waals surface area contributed by atoms with Crippen molar-refractivity contribution in [3.63, 3.8) is 0 Å². The Bertz CT molecular complexity index is 641. The van der Waals surface area contributed by atoms with Crippen LogP contribution in [0.5, 0.6) is 5.75 Å². The predicted molar refractivity (Wildman–Crippen MR) is 72.2 cm³/mol. The molecule has 9 heteroatoms. The van der Waals surface area contributed by atoms with Gasteiger partial charge in [0.05, 0.1) is 13.7 Å². The fourth-order valence-electron chi connectivity index (χ4n) is 1.60. The number of aromatic amines is 1. The average Bonchev–Trinajstić information content (AvgIpc) is 2.98. The molecule has 0 aliphatic rings. The Balaban J connectivity index is 1.99. The van der Waals surface area contributed by atoms with Crippen molar-refractivity contribution in [1.82, 2.24) is 20.5 Å². The highest BCUT2D eigenvalue weighted by molar-refractivity contribution is 5.94. The molecule has 21 heavy (non-hydrogen) atoms. The van der Waals surface area contributed by atoms with Crippen LogP contribution in [0.25, 0.3) is 0 Å². The Hall–Kier alpha value is -3.10. The number of anilines is 1. The van der Waals surface area contributed by atoms with Crippen molar-refractivity contribution in [2.75, 3.05) is 12.4 Å². The molecule has 2 rings (SSSR count). The number of ether oxygens (including phenoxy) is 1. The number of carbonyl (C=O) groups is 2. The van der Waals surface area contributed by atoms with Crippen LogP contribution in [0.1, 0.15) is 16.2 Å². The molecule has 0 saturated carbocycles. The third-order valence-electron chi connectivity index (χ3n) is 2.57. The van der Waals surface area contributed by atoms with Crippen LogP contribution in [0.4, 0.5) is 10.5 Å². The molecule has 0 fully saturated rings. The zero-order chi connectivity index (χ0) is 15.2. The van der Waals surface area contributed by atoms with Crippen molar-refractivity contribution in [3.05, 3.63) is 35.9 Å². The maximum absolute atomic E-state index is 11.7. The zero-order valence-electron chi connectivity index (χ0n) is 11.1. The lowest BCUT2D eigenvalue weighted by Gasteiger charge is -2.09. The molecule has 110 valence electrons. The van der Waals surface area contributed by atoms with Crippen LogP contribution >= 0.6 is 0 Å². The number of amides is 2. The van der Waals surface area contributed by atoms with Gasteiger partial charge in [-0.15, -0.1) is 0 Å². The van der Waals surface area contributed by atoms with Gasteiger partial charge in [0.2, 0.25) is 0 Å². The number of rotatable bonds is 5. The van der Waals surface area contributed by atoms with Gasteiger partial charge in [-0.05, 0) is 12.1 Å². The minimum Gasteiger partial charge on any atom is -0.496 e. The Labute approximate surface area is 119 Å². The highest BCUT2D eigenvalue weighted by atomic mass is 16.5. The number of hydrogen-bond acceptors (Lipinski definition) is 5. The molecule has 0 atom stereocenters. The number of aromatic nitrogens is 3. The number of benzene rings is 1. The quantitative estimate of drug-likeness (QED) is 0.645. The number of carbonyl (C=O) groups excluding carboxylic acids is 1. The molecule has 1 aromatic carbocycles. The number of H-pyrrole nitrogens is 1. The molecule has 0 bridgehead atoms. The maximum atomic E-state index is 11.7. The summed E-state index contributed by atoms with van der Waals surface area (Å²) in [5.41, 5.74) is 0.428. The standard InChI is InChI=1S/C12H13N5O4/c1-21-9-4-7(2-3-8(9)11(18)19)16-12(20)13-5-10-14-6-15-17-10/h2-4,6H,5H2,1H3,(H,18,19)(H2,13,16,20)(H,14,15,17). The van der Waals surface area contributed by atoms with Crippen LogP contribution in [0.3, 0.4) is 0 Å². The van der Waals surface area contributed by atoms with E-state index in [2.05, 4.69) is 25.8 Å². The van der Waals surface area contributed by atoms with E-state index in [-0.39, 0.29) is 17.9 Å². The number of nitrogens with one attached hydrogen (secondary N) is 3. The summed E-state index contributed by atoms with van der Waals surface area (Å²) in [5, 5.41) is 20.3. The smallest absolute Gasteiger partial charge is 0.339 e. The lowest BCUT2D eigenvalue weighted by Crippen LogP contribution is -2.28. The Morgan fingerprint density at radius 2 is 2.24 bits per heavy atom. The Kier molecular flexibility index (Phi) is 4.34. The minimum atomic E-state index is -1.10. The molecule has 4 N–H and O–H groups in total. The molecule has 0 unspecified atom stereocenters. The van der Waals surface area contributed by atoms with E-state index >= 15 is 0 Å². The van der Waals surface area contributed by atoms with Gasteiger partial charge >= 0.3 is 12.0 Å². The van der Waals surface area contributed by atoms with Crippen LogP contribution < -0.4 is 15.4 Å². The summed E-state index contributed by atoms with van der Waals surface area (Å²) in [6.45, 7) is 0.191. The summed E-state index contributed by atoms with van der Waals surface area (Å²) >= 11 is 0. The fraction of sp³-hybridized carbons (Fsp3) is 0.167. The van der Waals surface area contributed by atoms with Crippen LogP contribution in [0.15, 0.2) is 24.5 Å². The summed E-state index contributed by atoms with van der Waals surface area (Å²) in [7, 11) is 1.36. The summed E-state index contributed by atoms with van der Waals surface area (Å²) in [4.78, 5) is 26.5. The van der Waals surface area contributed by atoms with Gasteiger partial charge < -0.3 is 20.5 Å². The first-order chi connectivity index (χ1) is 10.1. The molecular formula is C12H13N5O4. The van der Waals surface area contributed by atoms with E-state index in [9.17, 15) is 9.59 Å². The number of carboxylic acids is 1. The largest absolute Gasteiger partial charge is 0.496 e. The molecule has 2 amide bonds. The van der Waals surface area contributed by atoms with Crippen molar-refractivity contribution in [2.45, 2.75) is 6.54 Å². The second kappa shape index (κ2) is 6.37. The number of carboxylic acid groups (broad SMARTS) is 1. The number of urea groups is 1. The van der Waals surface area contributed by atoms with Crippen molar-refractivity contribution in [3.8, 4) is 5.75 Å². The Morgan fingerprint density at radius 1 is 1.43 bits per heavy atom. The van der Waals surface area contributed by atoms with Crippen molar-refractivity contribution in [2.24, 2.45) is 0 Å². The molecule has 0 spiro atoms. The van der Waals surface area contributed by atoms with Crippen LogP contribution in [-0.4, -0.2) is 39.4 Å². The number of hydrogen-bond donors (Lipinski definition) is 4. The van der Waals surface area contributed by atoms with E-state index in [0.29, 0.717) is 11.5 Å². The van der Waals surface area contributed by atoms with Crippen molar-refractivity contribution < 1.29 is 19.4 Å². The van der Waals surface area contributed by atoms with Crippen LogP contribution in [-0.2, 0) is 6.54 Å². The number of aromatic carboxylic acids is 1. The second-order valence-corrected chi connectivity index (χ2v) is 3.96. The summed E-state index contributed by atoms with van der Waals surface area (Å²) in [6, 6.07) is 3.79. The van der Waals surface area contributed by atoms with Crippen LogP contribution in [0.2, 0.25) is 0 Å². The molecule has 0 aliphatic carbocycles. The second-order valence-electron chi connectivity index (χ2n) is 3.96. The van der Waals surface area contributed by atoms with E-state index in [1.54, 1.807) is 0 Å². The first kappa shape index (κ1) is 14.3. The first-order valence-corrected chi connectivity index (χ1v) is 5.90. The van der Waals surface area contributed by atoms with Gasteiger partial charge in [-0.25, -0.2) is 14.6 Å². The van der Waals surface area contributed by atoms with E-state index in [0.717, 1.165) is 0 Å². The van der Waals surface area contributed by atoms with E-state index in [1.165, 1.54) is 31.6 Å². The third-order valence-corrected chi connectivity index (χ3v) is 2.57. The molecule has 9 nitrogen and oxygen atoms in total. The van der Waals surface area contributed by atoms with E-state index in [4.69, 9.17) is 9.84 Å². The van der Waals surface area contributed by atoms with Crippen molar-refractivity contribution >= 4 is 17.7 Å². The molecule has 0 radical (unpaired) electrons. The monoisotopic (exact) mass is 291 g/mol. The van der Waals surface area contributed by atoms with Gasteiger partial charge in [-0.1, -0.05) is 0 Å². The number of methoxy groups -OCH3 is 1. The van der Waals surface area contributed by atoms with Crippen molar-refractivity contribution in [1.29, 1.82) is 0 Å². The van der Waals surface area contributed by atoms with Gasteiger partial charge in [-0.2, -0.15) is 5.10 Å². The predicted octanol–water partition coefficient (Wildman–Crippen LogP) is 0.833. The topological polar surface area (TPSA) is 129 Å². The van der Waals surface area contributed by atoms with Gasteiger partial charge in [0, 0.05) is 11.8 Å². The highest BCUT2D eigenvalue weighted by Crippen LogP contribution is 2.23. The Morgan fingerprint density at radius 3 is 2.86 bits per heavy atom. The summed E-state index contributed by atoms with van der Waals surface area (Å²) < 4.78 is 4.97. The lowest BCUT2D eigenvalue weighted by atomic mass is 10.2. The molecule has 1 heterocycles. The molecule has 0 aliphatic heterocycles. The van der Waals surface area contributed by atoms with Gasteiger partial charge in [0.15, 0.2) is 0 Å². The van der Waals surface area contributed by atoms with Gasteiger partial charge in [-0.3, -0.25) is 5.10 Å². The first-order valence-electron chi connectivity index (χ1n) is 5.90. The zero-order valence-corrected chi connectivity index (χ0v) is 11.1. The SMILES string of the molecule is COc1cc(NC(=O)NCc2ncn[nH]2)ccc1C(=O)O. The lowest BCUT2D eigenvalue weighted by molar-refractivity contribution is 0.0693. The third kappa shape index (κ3) is 3.69. The summed E-state index contributed by atoms with van der Waals surface area (Å²) in [5.74, 6) is -0.423. The van der Waals surface area contributed by atoms with Gasteiger partial charge in [0.25, 0.3) is 0 Å². The van der Waals surface area contributed by atoms with Gasteiger partial charge in [0.1, 0.15) is 23.5 Å². The van der Waals surface area contributed by atoms with E-state index in [1.807, 2.05) is 0 Å². The highest BCUT2D eigenvalue weighted by Gasteiger charge is 2.12. The average molecular weight is 291 g/mol. The van der Waals surface area contributed by atoms with Crippen LogP contribution in [0, 0.1) is 0 Å². The fourth-order valence-corrected chi connectivity index (χ4v) is 1.60. The molecule has 2 aromatic rings. The molecule has 0 saturated heterocycles. The number of nitrogens with zero attached hydrogens (tertiary/aromatic N) is 2. The normalized spacial score (nSPS) is 9.95.